The lowest BCUT2D eigenvalue weighted by molar-refractivity contribution is -0.116. The third-order valence-electron chi connectivity index (χ3n) is 5.20. The van der Waals surface area contributed by atoms with Gasteiger partial charge >= 0.3 is 5.97 Å². The second-order valence-electron chi connectivity index (χ2n) is 8.70. The van der Waals surface area contributed by atoms with Gasteiger partial charge in [0.25, 0.3) is 0 Å². The number of carbonyl (C=O) groups is 2. The fourth-order valence-electron chi connectivity index (χ4n) is 4.27. The SMILES string of the molecule is COC(=O)c1c(NC(=O)Cn2nnc3ccccc32)sc2c1CC(C)(C)NC2(C)C. The lowest BCUT2D eigenvalue weighted by Crippen LogP contribution is -2.55. The quantitative estimate of drug-likeness (QED) is 0.621. The minimum atomic E-state index is -0.442. The minimum Gasteiger partial charge on any atom is -0.465 e. The second-order valence-corrected chi connectivity index (χ2v) is 9.72. The van der Waals surface area contributed by atoms with E-state index >= 15 is 0 Å². The number of para-hydroxylation sites is 1. The van der Waals surface area contributed by atoms with Gasteiger partial charge < -0.3 is 15.4 Å². The van der Waals surface area contributed by atoms with Crippen LogP contribution < -0.4 is 10.6 Å². The second kappa shape index (κ2) is 7.17. The first-order valence-electron chi connectivity index (χ1n) is 9.73. The van der Waals surface area contributed by atoms with E-state index in [1.165, 1.54) is 18.4 Å². The maximum absolute atomic E-state index is 12.8. The lowest BCUT2D eigenvalue weighted by Gasteiger charge is -2.42. The molecule has 0 bridgehead atoms. The third kappa shape index (κ3) is 3.59. The smallest absolute Gasteiger partial charge is 0.341 e. The Kier molecular flexibility index (Phi) is 4.90. The van der Waals surface area contributed by atoms with Crippen molar-refractivity contribution in [3.63, 3.8) is 0 Å². The topological polar surface area (TPSA) is 98.1 Å². The number of amides is 1. The Labute approximate surface area is 178 Å². The number of nitrogens with zero attached hydrogens (tertiary/aromatic N) is 3. The Morgan fingerprint density at radius 1 is 1.27 bits per heavy atom. The summed E-state index contributed by atoms with van der Waals surface area (Å²) in [6.07, 6.45) is 0.663. The van der Waals surface area contributed by atoms with E-state index in [2.05, 4.69) is 48.6 Å². The maximum Gasteiger partial charge on any atom is 0.341 e. The molecule has 0 saturated heterocycles. The van der Waals surface area contributed by atoms with E-state index < -0.39 is 5.97 Å². The standard InChI is InChI=1S/C21H25N5O3S/c1-20(2)10-12-16(19(28)29-5)18(30-17(12)21(3,4)24-20)22-15(27)11-26-14-9-7-6-8-13(14)23-25-26/h6-9,24H,10-11H2,1-5H3,(H,22,27). The molecule has 1 aliphatic rings. The van der Waals surface area contributed by atoms with Crippen molar-refractivity contribution in [1.29, 1.82) is 0 Å². The van der Waals surface area contributed by atoms with E-state index in [0.29, 0.717) is 17.0 Å². The largest absolute Gasteiger partial charge is 0.465 e. The summed E-state index contributed by atoms with van der Waals surface area (Å²) in [4.78, 5) is 26.5. The summed E-state index contributed by atoms with van der Waals surface area (Å²) in [7, 11) is 1.36. The molecular formula is C21H25N5O3S. The van der Waals surface area contributed by atoms with E-state index in [0.717, 1.165) is 21.5 Å². The van der Waals surface area contributed by atoms with E-state index in [1.54, 1.807) is 4.68 Å². The van der Waals surface area contributed by atoms with Crippen LogP contribution in [0.3, 0.4) is 0 Å². The van der Waals surface area contributed by atoms with Crippen LogP contribution in [0.4, 0.5) is 5.00 Å². The third-order valence-corrected chi connectivity index (χ3v) is 6.67. The number of esters is 1. The Morgan fingerprint density at radius 3 is 2.73 bits per heavy atom. The average molecular weight is 428 g/mol. The number of aromatic nitrogens is 3. The van der Waals surface area contributed by atoms with Gasteiger partial charge in [-0.3, -0.25) is 4.79 Å². The van der Waals surface area contributed by atoms with Crippen molar-refractivity contribution in [1.82, 2.24) is 20.3 Å². The maximum atomic E-state index is 12.8. The molecule has 3 heterocycles. The van der Waals surface area contributed by atoms with Crippen LogP contribution in [0.1, 0.15) is 48.5 Å². The summed E-state index contributed by atoms with van der Waals surface area (Å²) >= 11 is 1.42. The highest BCUT2D eigenvalue weighted by atomic mass is 32.1. The zero-order valence-electron chi connectivity index (χ0n) is 17.7. The number of thiophene rings is 1. The number of ether oxygens (including phenoxy) is 1. The fraction of sp³-hybridized carbons (Fsp3) is 0.429. The summed E-state index contributed by atoms with van der Waals surface area (Å²) in [5.74, 6) is -0.720. The van der Waals surface area contributed by atoms with Crippen LogP contribution in [0, 0.1) is 0 Å². The van der Waals surface area contributed by atoms with Gasteiger partial charge in [-0.2, -0.15) is 0 Å². The molecular weight excluding hydrogens is 402 g/mol. The molecule has 8 nitrogen and oxygen atoms in total. The van der Waals surface area contributed by atoms with Gasteiger partial charge in [-0.25, -0.2) is 9.48 Å². The van der Waals surface area contributed by atoms with E-state index in [4.69, 9.17) is 4.74 Å². The van der Waals surface area contributed by atoms with Gasteiger partial charge in [0.2, 0.25) is 5.91 Å². The highest BCUT2D eigenvalue weighted by molar-refractivity contribution is 7.17. The number of carbonyl (C=O) groups excluding carboxylic acids is 2. The van der Waals surface area contributed by atoms with E-state index in [1.807, 2.05) is 24.3 Å². The Bertz CT molecular complexity index is 1140. The highest BCUT2D eigenvalue weighted by Gasteiger charge is 2.42. The molecule has 0 saturated carbocycles. The van der Waals surface area contributed by atoms with Crippen molar-refractivity contribution in [3.05, 3.63) is 40.3 Å². The first-order valence-corrected chi connectivity index (χ1v) is 10.5. The van der Waals surface area contributed by atoms with Crippen LogP contribution >= 0.6 is 11.3 Å². The van der Waals surface area contributed by atoms with Crippen molar-refractivity contribution in [2.45, 2.75) is 51.7 Å². The summed E-state index contributed by atoms with van der Waals surface area (Å²) in [5, 5.41) is 15.2. The number of methoxy groups -OCH3 is 1. The van der Waals surface area contributed by atoms with E-state index in [-0.39, 0.29) is 23.5 Å². The van der Waals surface area contributed by atoms with Crippen molar-refractivity contribution in [2.75, 3.05) is 12.4 Å². The summed E-state index contributed by atoms with van der Waals surface area (Å²) in [6.45, 7) is 8.36. The summed E-state index contributed by atoms with van der Waals surface area (Å²) in [5.41, 5.74) is 2.34. The van der Waals surface area contributed by atoms with Crippen LogP contribution in [-0.2, 0) is 28.0 Å². The molecule has 4 rings (SSSR count). The van der Waals surface area contributed by atoms with Crippen molar-refractivity contribution in [2.24, 2.45) is 0 Å². The lowest BCUT2D eigenvalue weighted by atomic mass is 9.81. The minimum absolute atomic E-state index is 0.00315. The number of hydrogen-bond acceptors (Lipinski definition) is 7. The zero-order valence-corrected chi connectivity index (χ0v) is 18.5. The van der Waals surface area contributed by atoms with Gasteiger partial charge in [0.15, 0.2) is 0 Å². The van der Waals surface area contributed by atoms with Gasteiger partial charge in [-0.1, -0.05) is 17.3 Å². The first-order chi connectivity index (χ1) is 14.1. The number of fused-ring (bicyclic) bond motifs is 2. The molecule has 0 aliphatic carbocycles. The van der Waals surface area contributed by atoms with Crippen molar-refractivity contribution in [3.8, 4) is 0 Å². The monoisotopic (exact) mass is 427 g/mol. The van der Waals surface area contributed by atoms with Gasteiger partial charge in [-0.05, 0) is 51.8 Å². The van der Waals surface area contributed by atoms with Crippen molar-refractivity contribution >= 4 is 39.2 Å². The van der Waals surface area contributed by atoms with Crippen LogP contribution in [0.2, 0.25) is 0 Å². The molecule has 158 valence electrons. The molecule has 1 aliphatic heterocycles. The first kappa shape index (κ1) is 20.5. The normalized spacial score (nSPS) is 16.8. The van der Waals surface area contributed by atoms with Crippen LogP contribution in [0.15, 0.2) is 24.3 Å². The molecule has 1 amide bonds. The molecule has 1 aromatic carbocycles. The molecule has 3 aromatic rings. The molecule has 0 fully saturated rings. The molecule has 9 heteroatoms. The number of hydrogen-bond donors (Lipinski definition) is 2. The molecule has 0 unspecified atom stereocenters. The number of benzene rings is 1. The highest BCUT2D eigenvalue weighted by Crippen LogP contribution is 2.45. The Hall–Kier alpha value is -2.78. The summed E-state index contributed by atoms with van der Waals surface area (Å²) < 4.78 is 6.60. The van der Waals surface area contributed by atoms with Crippen molar-refractivity contribution < 1.29 is 14.3 Å². The predicted octanol–water partition coefficient (Wildman–Crippen LogP) is 3.08. The van der Waals surface area contributed by atoms with E-state index in [9.17, 15) is 9.59 Å². The van der Waals surface area contributed by atoms with Gasteiger partial charge in [-0.15, -0.1) is 16.4 Å². The molecule has 0 radical (unpaired) electrons. The molecule has 2 aromatic heterocycles. The Balaban J connectivity index is 1.68. The van der Waals surface area contributed by atoms with Gasteiger partial charge in [0.1, 0.15) is 17.1 Å². The molecule has 0 spiro atoms. The Morgan fingerprint density at radius 2 is 2.00 bits per heavy atom. The number of rotatable bonds is 4. The average Bonchev–Trinajstić information content (AvgIpc) is 3.22. The number of anilines is 1. The molecule has 30 heavy (non-hydrogen) atoms. The van der Waals surface area contributed by atoms with Crippen LogP contribution in [-0.4, -0.2) is 39.5 Å². The van der Waals surface area contributed by atoms with Gasteiger partial charge in [0.05, 0.1) is 18.2 Å². The molecule has 0 atom stereocenters. The predicted molar refractivity (Wildman–Crippen MR) is 116 cm³/mol. The van der Waals surface area contributed by atoms with Gasteiger partial charge in [0, 0.05) is 16.0 Å². The number of nitrogens with one attached hydrogen (secondary N) is 2. The van der Waals surface area contributed by atoms with Crippen LogP contribution in [0.25, 0.3) is 11.0 Å². The fourth-order valence-corrected chi connectivity index (χ4v) is 5.55. The zero-order chi connectivity index (χ0) is 21.7. The molecule has 2 N–H and O–H groups in total. The summed E-state index contributed by atoms with van der Waals surface area (Å²) in [6, 6.07) is 7.45. The van der Waals surface area contributed by atoms with Crippen LogP contribution in [0.5, 0.6) is 0 Å².